The molecule has 160 valence electrons. The second kappa shape index (κ2) is 8.89. The molecule has 1 aromatic rings. The molecule has 3 atom stereocenters. The first-order valence-electron chi connectivity index (χ1n) is 10.3. The fourth-order valence-electron chi connectivity index (χ4n) is 4.44. The van der Waals surface area contributed by atoms with Crippen LogP contribution in [0.4, 0.5) is 0 Å². The minimum Gasteiger partial charge on any atom is -0.377 e. The first kappa shape index (κ1) is 21.1. The van der Waals surface area contributed by atoms with Crippen LogP contribution in [-0.2, 0) is 19.5 Å². The van der Waals surface area contributed by atoms with Crippen molar-refractivity contribution < 1.29 is 22.7 Å². The van der Waals surface area contributed by atoms with Crippen molar-refractivity contribution in [1.82, 2.24) is 9.62 Å². The summed E-state index contributed by atoms with van der Waals surface area (Å²) in [5.41, 5.74) is 0.332. The molecule has 2 saturated heterocycles. The van der Waals surface area contributed by atoms with E-state index >= 15 is 0 Å². The summed E-state index contributed by atoms with van der Waals surface area (Å²) in [4.78, 5) is 15.0. The second-order valence-corrected chi connectivity index (χ2v) is 10.0. The molecular weight excluding hydrogens is 416 g/mol. The zero-order chi connectivity index (χ0) is 20.4. The summed E-state index contributed by atoms with van der Waals surface area (Å²) in [6, 6.07) is 4.51. The lowest BCUT2D eigenvalue weighted by atomic mass is 9.89. The Morgan fingerprint density at radius 3 is 2.76 bits per heavy atom. The number of ether oxygens (including phenoxy) is 2. The van der Waals surface area contributed by atoms with Gasteiger partial charge in [0.2, 0.25) is 10.0 Å². The average molecular weight is 443 g/mol. The van der Waals surface area contributed by atoms with E-state index < -0.39 is 10.0 Å². The minimum absolute atomic E-state index is 0.0541. The zero-order valence-electron chi connectivity index (χ0n) is 16.3. The Balaban J connectivity index is 1.53. The van der Waals surface area contributed by atoms with Gasteiger partial charge in [-0.1, -0.05) is 24.4 Å². The van der Waals surface area contributed by atoms with Crippen LogP contribution in [0.5, 0.6) is 0 Å². The molecule has 3 aliphatic rings. The van der Waals surface area contributed by atoms with Crippen molar-refractivity contribution in [3.63, 3.8) is 0 Å². The van der Waals surface area contributed by atoms with Gasteiger partial charge in [0.25, 0.3) is 5.91 Å². The number of benzene rings is 1. The number of halogens is 1. The Morgan fingerprint density at radius 2 is 1.97 bits per heavy atom. The molecule has 1 aromatic carbocycles. The second-order valence-electron chi connectivity index (χ2n) is 7.89. The lowest BCUT2D eigenvalue weighted by Crippen LogP contribution is -2.54. The van der Waals surface area contributed by atoms with Crippen LogP contribution in [0, 0.1) is 0 Å². The molecule has 0 spiro atoms. The summed E-state index contributed by atoms with van der Waals surface area (Å²) in [5.74, 6) is -0.169. The SMILES string of the molecule is O=C(c1ccc(Cl)c(S(=O)(=O)NCC2CCCO2)c1)N1CCOC2CCCCC21. The molecule has 2 heterocycles. The quantitative estimate of drug-likeness (QED) is 0.757. The van der Waals surface area contributed by atoms with E-state index in [1.54, 1.807) is 6.07 Å². The summed E-state index contributed by atoms with van der Waals surface area (Å²) in [5, 5.41) is 0.0962. The highest BCUT2D eigenvalue weighted by molar-refractivity contribution is 7.89. The molecule has 1 aliphatic carbocycles. The molecule has 1 N–H and O–H groups in total. The van der Waals surface area contributed by atoms with Gasteiger partial charge in [-0.25, -0.2) is 13.1 Å². The van der Waals surface area contributed by atoms with Gasteiger partial charge in [0.15, 0.2) is 0 Å². The molecule has 1 amide bonds. The van der Waals surface area contributed by atoms with Crippen LogP contribution < -0.4 is 4.72 Å². The van der Waals surface area contributed by atoms with E-state index in [9.17, 15) is 13.2 Å². The molecule has 7 nitrogen and oxygen atoms in total. The van der Waals surface area contributed by atoms with Gasteiger partial charge in [0.1, 0.15) is 4.90 Å². The van der Waals surface area contributed by atoms with Crippen LogP contribution in [0.15, 0.2) is 23.1 Å². The van der Waals surface area contributed by atoms with Crippen LogP contribution in [-0.4, -0.2) is 63.8 Å². The third-order valence-electron chi connectivity index (χ3n) is 5.99. The van der Waals surface area contributed by atoms with Crippen LogP contribution in [0.25, 0.3) is 0 Å². The average Bonchev–Trinajstić information content (AvgIpc) is 3.25. The zero-order valence-corrected chi connectivity index (χ0v) is 17.9. The number of rotatable bonds is 5. The van der Waals surface area contributed by atoms with Crippen LogP contribution in [0.1, 0.15) is 48.9 Å². The Bertz CT molecular complexity index is 854. The molecule has 0 bridgehead atoms. The largest absolute Gasteiger partial charge is 0.377 e. The van der Waals surface area contributed by atoms with E-state index in [0.717, 1.165) is 38.5 Å². The minimum atomic E-state index is -3.85. The molecule has 0 radical (unpaired) electrons. The summed E-state index contributed by atoms with van der Waals surface area (Å²) < 4.78 is 39.5. The maximum absolute atomic E-state index is 13.2. The summed E-state index contributed by atoms with van der Waals surface area (Å²) in [6.07, 6.45) is 5.77. The summed E-state index contributed by atoms with van der Waals surface area (Å²) in [7, 11) is -3.85. The number of morpholine rings is 1. The lowest BCUT2D eigenvalue weighted by molar-refractivity contribution is -0.0752. The van der Waals surface area contributed by atoms with E-state index in [0.29, 0.717) is 25.3 Å². The number of hydrogen-bond donors (Lipinski definition) is 1. The van der Waals surface area contributed by atoms with Crippen molar-refractivity contribution in [2.24, 2.45) is 0 Å². The third-order valence-corrected chi connectivity index (χ3v) is 7.89. The van der Waals surface area contributed by atoms with E-state index in [1.165, 1.54) is 12.1 Å². The molecule has 29 heavy (non-hydrogen) atoms. The Morgan fingerprint density at radius 1 is 1.14 bits per heavy atom. The molecule has 3 unspecified atom stereocenters. The van der Waals surface area contributed by atoms with Crippen molar-refractivity contribution in [1.29, 1.82) is 0 Å². The van der Waals surface area contributed by atoms with Gasteiger partial charge in [-0.15, -0.1) is 0 Å². The van der Waals surface area contributed by atoms with E-state index in [4.69, 9.17) is 21.1 Å². The fourth-order valence-corrected chi connectivity index (χ4v) is 6.03. The van der Waals surface area contributed by atoms with Gasteiger partial charge in [-0.05, 0) is 43.9 Å². The number of nitrogens with one attached hydrogen (secondary N) is 1. The maximum atomic E-state index is 13.2. The number of fused-ring (bicyclic) bond motifs is 1. The number of hydrogen-bond acceptors (Lipinski definition) is 5. The predicted octanol–water partition coefficient (Wildman–Crippen LogP) is 2.58. The van der Waals surface area contributed by atoms with Crippen LogP contribution in [0.2, 0.25) is 5.02 Å². The van der Waals surface area contributed by atoms with Crippen LogP contribution >= 0.6 is 11.6 Å². The molecule has 4 rings (SSSR count). The highest BCUT2D eigenvalue weighted by Crippen LogP contribution is 2.30. The topological polar surface area (TPSA) is 84.9 Å². The monoisotopic (exact) mass is 442 g/mol. The lowest BCUT2D eigenvalue weighted by Gasteiger charge is -2.43. The molecular formula is C20H27ClN2O5S. The number of carbonyl (C=O) groups excluding carboxylic acids is 1. The van der Waals surface area contributed by atoms with Gasteiger partial charge in [0, 0.05) is 25.3 Å². The predicted molar refractivity (Wildman–Crippen MR) is 109 cm³/mol. The van der Waals surface area contributed by atoms with Gasteiger partial charge in [-0.3, -0.25) is 4.79 Å². The van der Waals surface area contributed by atoms with Crippen molar-refractivity contribution in [2.75, 3.05) is 26.3 Å². The molecule has 9 heteroatoms. The van der Waals surface area contributed by atoms with Gasteiger partial charge < -0.3 is 14.4 Å². The molecule has 0 aromatic heterocycles. The first-order chi connectivity index (χ1) is 14.0. The molecule has 3 fully saturated rings. The van der Waals surface area contributed by atoms with Gasteiger partial charge >= 0.3 is 0 Å². The Labute approximate surface area is 176 Å². The third kappa shape index (κ3) is 4.61. The number of carbonyl (C=O) groups is 1. The maximum Gasteiger partial charge on any atom is 0.254 e. The van der Waals surface area contributed by atoms with Gasteiger partial charge in [-0.2, -0.15) is 0 Å². The van der Waals surface area contributed by atoms with E-state index in [1.807, 2.05) is 4.90 Å². The summed E-state index contributed by atoms with van der Waals surface area (Å²) >= 11 is 6.18. The van der Waals surface area contributed by atoms with Crippen molar-refractivity contribution in [2.45, 2.75) is 61.7 Å². The van der Waals surface area contributed by atoms with Gasteiger partial charge in [0.05, 0.1) is 29.9 Å². The summed E-state index contributed by atoms with van der Waals surface area (Å²) in [6.45, 7) is 1.87. The number of amides is 1. The smallest absolute Gasteiger partial charge is 0.254 e. The molecule has 1 saturated carbocycles. The van der Waals surface area contributed by atoms with E-state index in [-0.39, 0.29) is 40.6 Å². The van der Waals surface area contributed by atoms with Crippen molar-refractivity contribution in [3.05, 3.63) is 28.8 Å². The van der Waals surface area contributed by atoms with E-state index in [2.05, 4.69) is 4.72 Å². The number of sulfonamides is 1. The molecule has 2 aliphatic heterocycles. The highest BCUT2D eigenvalue weighted by atomic mass is 35.5. The Kier molecular flexibility index (Phi) is 6.46. The van der Waals surface area contributed by atoms with Crippen LogP contribution in [0.3, 0.4) is 0 Å². The number of nitrogens with zero attached hydrogens (tertiary/aromatic N) is 1. The highest BCUT2D eigenvalue weighted by Gasteiger charge is 2.37. The standard InChI is InChI=1S/C20H27ClN2O5S/c21-16-8-7-14(12-19(16)29(25,26)22-13-15-4-3-10-27-15)20(24)23-9-11-28-18-6-2-1-5-17(18)23/h7-8,12,15,17-18,22H,1-6,9-11,13H2. The Hall–Kier alpha value is -1.19. The van der Waals surface area contributed by atoms with Crippen molar-refractivity contribution >= 4 is 27.5 Å². The van der Waals surface area contributed by atoms with Crippen molar-refractivity contribution in [3.8, 4) is 0 Å². The fraction of sp³-hybridized carbons (Fsp3) is 0.650. The normalized spacial score (nSPS) is 27.6. The first-order valence-corrected chi connectivity index (χ1v) is 12.2.